The van der Waals surface area contributed by atoms with Crippen molar-refractivity contribution in [3.63, 3.8) is 0 Å². The van der Waals surface area contributed by atoms with Gasteiger partial charge in [-0.1, -0.05) is 64.5 Å². The lowest BCUT2D eigenvalue weighted by molar-refractivity contribution is 0.0169. The van der Waals surface area contributed by atoms with E-state index in [0.29, 0.717) is 4.47 Å². The molecule has 4 N–H and O–H groups in total. The lowest BCUT2D eigenvalue weighted by atomic mass is 9.98. The number of carbonyl (C=O) groups is 1. The molecule has 2 unspecified atom stereocenters. The maximum atomic E-state index is 13.7. The summed E-state index contributed by atoms with van der Waals surface area (Å²) >= 11 is 3.07. The number of alkyl carbamates (subject to hydrolysis) is 1. The zero-order valence-electron chi connectivity index (χ0n) is 16.8. The molecule has 6 nitrogen and oxygen atoms in total. The third kappa shape index (κ3) is 4.34. The molecule has 0 saturated heterocycles. The Morgan fingerprint density at radius 1 is 1.06 bits per heavy atom. The van der Waals surface area contributed by atoms with Crippen LogP contribution in [0, 0.1) is 5.82 Å². The van der Waals surface area contributed by atoms with Gasteiger partial charge >= 0.3 is 6.09 Å². The van der Waals surface area contributed by atoms with Crippen molar-refractivity contribution in [1.82, 2.24) is 5.32 Å². The van der Waals surface area contributed by atoms with Crippen molar-refractivity contribution in [2.24, 2.45) is 0 Å². The highest BCUT2D eigenvalue weighted by Crippen LogP contribution is 2.44. The zero-order chi connectivity index (χ0) is 22.8. The number of benzene rings is 3. The third-order valence-corrected chi connectivity index (χ3v) is 6.00. The number of aliphatic hydroxyl groups excluding tert-OH is 2. The van der Waals surface area contributed by atoms with E-state index in [1.165, 1.54) is 6.07 Å². The highest BCUT2D eigenvalue weighted by Gasteiger charge is 2.29. The van der Waals surface area contributed by atoms with Crippen molar-refractivity contribution in [2.45, 2.75) is 18.1 Å². The molecule has 3 aromatic rings. The highest BCUT2D eigenvalue weighted by molar-refractivity contribution is 9.10. The molecule has 0 bridgehead atoms. The molecule has 1 aliphatic carbocycles. The SMILES string of the molecule is O=C(NCC(O)C(O)c1cc(Br)cc(F)c1O)OCC1c2ccccc2-c2ccccc21. The smallest absolute Gasteiger partial charge is 0.407 e. The lowest BCUT2D eigenvalue weighted by Gasteiger charge is -2.20. The van der Waals surface area contributed by atoms with Crippen LogP contribution in [0.1, 0.15) is 28.7 Å². The number of hydrogen-bond donors (Lipinski definition) is 4. The normalized spacial score (nSPS) is 14.4. The maximum Gasteiger partial charge on any atom is 0.407 e. The summed E-state index contributed by atoms with van der Waals surface area (Å²) in [4.78, 5) is 12.2. The van der Waals surface area contributed by atoms with Gasteiger partial charge in [-0.2, -0.15) is 0 Å². The van der Waals surface area contributed by atoms with Crippen molar-refractivity contribution in [3.05, 3.63) is 87.6 Å². The number of hydrogen-bond acceptors (Lipinski definition) is 5. The lowest BCUT2D eigenvalue weighted by Crippen LogP contribution is -2.36. The van der Waals surface area contributed by atoms with Crippen molar-refractivity contribution >= 4 is 22.0 Å². The molecule has 0 saturated carbocycles. The average molecular weight is 502 g/mol. The number of ether oxygens (including phenoxy) is 1. The van der Waals surface area contributed by atoms with Gasteiger partial charge in [0.15, 0.2) is 11.6 Å². The molecule has 0 fully saturated rings. The minimum Gasteiger partial charge on any atom is -0.505 e. The Morgan fingerprint density at radius 3 is 2.28 bits per heavy atom. The summed E-state index contributed by atoms with van der Waals surface area (Å²) in [6.07, 6.45) is -3.87. The first-order chi connectivity index (χ1) is 15.4. The van der Waals surface area contributed by atoms with Gasteiger partial charge in [0.25, 0.3) is 0 Å². The Kier molecular flexibility index (Phi) is 6.45. The molecule has 8 heteroatoms. The number of aliphatic hydroxyl groups is 2. The van der Waals surface area contributed by atoms with Gasteiger partial charge in [-0.25, -0.2) is 9.18 Å². The van der Waals surface area contributed by atoms with Gasteiger partial charge in [0.1, 0.15) is 18.8 Å². The van der Waals surface area contributed by atoms with Gasteiger partial charge in [0.05, 0.1) is 0 Å². The number of fused-ring (bicyclic) bond motifs is 3. The van der Waals surface area contributed by atoms with Crippen LogP contribution in [-0.4, -0.2) is 40.7 Å². The van der Waals surface area contributed by atoms with Gasteiger partial charge in [0, 0.05) is 22.5 Å². The summed E-state index contributed by atoms with van der Waals surface area (Å²) in [7, 11) is 0. The molecule has 0 radical (unpaired) electrons. The number of amides is 1. The number of aromatic hydroxyl groups is 1. The minimum absolute atomic E-state index is 0.106. The Hall–Kier alpha value is -2.94. The van der Waals surface area contributed by atoms with E-state index in [9.17, 15) is 24.5 Å². The maximum absolute atomic E-state index is 13.7. The van der Waals surface area contributed by atoms with E-state index < -0.39 is 29.9 Å². The average Bonchev–Trinajstić information content (AvgIpc) is 3.11. The predicted octanol–water partition coefficient (Wildman–Crippen LogP) is 4.23. The number of halogens is 2. The Labute approximate surface area is 192 Å². The van der Waals surface area contributed by atoms with Crippen LogP contribution in [0.25, 0.3) is 11.1 Å². The molecule has 0 aliphatic heterocycles. The Morgan fingerprint density at radius 2 is 1.66 bits per heavy atom. The fraction of sp³-hybridized carbons (Fsp3) is 0.208. The summed E-state index contributed by atoms with van der Waals surface area (Å²) in [5.41, 5.74) is 4.17. The van der Waals surface area contributed by atoms with E-state index in [2.05, 4.69) is 21.2 Å². The highest BCUT2D eigenvalue weighted by atomic mass is 79.9. The third-order valence-electron chi connectivity index (χ3n) is 5.54. The van der Waals surface area contributed by atoms with Crippen LogP contribution in [0.5, 0.6) is 5.75 Å². The van der Waals surface area contributed by atoms with Crippen LogP contribution >= 0.6 is 15.9 Å². The summed E-state index contributed by atoms with van der Waals surface area (Å²) in [6.45, 7) is -0.248. The van der Waals surface area contributed by atoms with Gasteiger partial charge in [0.2, 0.25) is 0 Å². The first kappa shape index (κ1) is 22.3. The molecular formula is C24H21BrFNO5. The molecule has 0 spiro atoms. The van der Waals surface area contributed by atoms with Crippen molar-refractivity contribution < 1.29 is 29.2 Å². The van der Waals surface area contributed by atoms with Gasteiger partial charge < -0.3 is 25.4 Å². The Balaban J connectivity index is 1.36. The van der Waals surface area contributed by atoms with E-state index in [1.807, 2.05) is 48.5 Å². The fourth-order valence-corrected chi connectivity index (χ4v) is 4.42. The standard InChI is InChI=1S/C24H21BrFNO5/c25-13-9-18(22(29)20(26)10-13)23(30)21(28)11-27-24(31)32-12-19-16-7-3-1-5-14(16)15-6-2-4-8-17(15)19/h1-10,19,21,23,28-30H,11-12H2,(H,27,31). The van der Waals surface area contributed by atoms with E-state index >= 15 is 0 Å². The summed E-state index contributed by atoms with van der Waals surface area (Å²) in [5.74, 6) is -1.81. The quantitative estimate of drug-likeness (QED) is 0.405. The number of rotatable bonds is 6. The van der Waals surface area contributed by atoms with Gasteiger partial charge in [-0.05, 0) is 34.4 Å². The molecule has 4 rings (SSSR count). The summed E-state index contributed by atoms with van der Waals surface area (Å²) < 4.78 is 19.3. The number of phenolic OH excluding ortho intramolecular Hbond substituents is 1. The molecule has 3 aromatic carbocycles. The first-order valence-electron chi connectivity index (χ1n) is 9.99. The van der Waals surface area contributed by atoms with Crippen molar-refractivity contribution in [1.29, 1.82) is 0 Å². The molecule has 1 aliphatic rings. The van der Waals surface area contributed by atoms with E-state index in [0.717, 1.165) is 28.3 Å². The van der Waals surface area contributed by atoms with Gasteiger partial charge in [-0.15, -0.1) is 0 Å². The fourth-order valence-electron chi connectivity index (χ4n) is 3.97. The summed E-state index contributed by atoms with van der Waals surface area (Å²) in [6, 6.07) is 18.2. The van der Waals surface area contributed by atoms with Crippen molar-refractivity contribution in [3.8, 4) is 16.9 Å². The van der Waals surface area contributed by atoms with E-state index in [1.54, 1.807) is 0 Å². The van der Waals surface area contributed by atoms with Crippen LogP contribution in [-0.2, 0) is 4.74 Å². The first-order valence-corrected chi connectivity index (χ1v) is 10.8. The van der Waals surface area contributed by atoms with E-state index in [4.69, 9.17) is 4.74 Å². The molecule has 1 amide bonds. The molecule has 2 atom stereocenters. The molecule has 0 heterocycles. The topological polar surface area (TPSA) is 99.0 Å². The minimum atomic E-state index is -1.61. The molecule has 166 valence electrons. The second-order valence-electron chi connectivity index (χ2n) is 7.54. The monoisotopic (exact) mass is 501 g/mol. The Bertz CT molecular complexity index is 1110. The number of nitrogens with one attached hydrogen (secondary N) is 1. The zero-order valence-corrected chi connectivity index (χ0v) is 18.4. The van der Waals surface area contributed by atoms with Crippen LogP contribution in [0.3, 0.4) is 0 Å². The predicted molar refractivity (Wildman–Crippen MR) is 120 cm³/mol. The van der Waals surface area contributed by atoms with Crippen molar-refractivity contribution in [2.75, 3.05) is 13.2 Å². The number of carbonyl (C=O) groups excluding carboxylic acids is 1. The summed E-state index contributed by atoms with van der Waals surface area (Å²) in [5, 5.41) is 32.7. The number of phenols is 1. The largest absolute Gasteiger partial charge is 0.505 e. The van der Waals surface area contributed by atoms with Crippen LogP contribution in [0.15, 0.2) is 65.1 Å². The molecule has 0 aromatic heterocycles. The molecule has 32 heavy (non-hydrogen) atoms. The molecular weight excluding hydrogens is 481 g/mol. The second kappa shape index (κ2) is 9.28. The van der Waals surface area contributed by atoms with E-state index in [-0.39, 0.29) is 24.6 Å². The van der Waals surface area contributed by atoms with Crippen LogP contribution in [0.4, 0.5) is 9.18 Å². The van der Waals surface area contributed by atoms with Crippen LogP contribution < -0.4 is 5.32 Å². The van der Waals surface area contributed by atoms with Crippen LogP contribution in [0.2, 0.25) is 0 Å². The van der Waals surface area contributed by atoms with Gasteiger partial charge in [-0.3, -0.25) is 0 Å². The second-order valence-corrected chi connectivity index (χ2v) is 8.46.